The highest BCUT2D eigenvalue weighted by Crippen LogP contribution is 2.16. The quantitative estimate of drug-likeness (QED) is 0.803. The predicted molar refractivity (Wildman–Crippen MR) is 80.1 cm³/mol. The monoisotopic (exact) mass is 307 g/mol. The molecule has 0 aromatic heterocycles. The number of nitrogens with one attached hydrogen (secondary N) is 1. The zero-order chi connectivity index (χ0) is 15.9. The van der Waals surface area contributed by atoms with Crippen LogP contribution < -0.4 is 10.1 Å². The van der Waals surface area contributed by atoms with E-state index in [0.717, 1.165) is 19.4 Å². The average Bonchev–Trinajstić information content (AvgIpc) is 3.04. The van der Waals surface area contributed by atoms with Gasteiger partial charge >= 0.3 is 5.97 Å². The van der Waals surface area contributed by atoms with Crippen LogP contribution in [0.3, 0.4) is 0 Å². The summed E-state index contributed by atoms with van der Waals surface area (Å²) in [6, 6.07) is 5.77. The van der Waals surface area contributed by atoms with E-state index in [9.17, 15) is 9.59 Å². The van der Waals surface area contributed by atoms with Gasteiger partial charge in [-0.15, -0.1) is 0 Å². The second-order valence-corrected chi connectivity index (χ2v) is 5.24. The lowest BCUT2D eigenvalue weighted by Crippen LogP contribution is -2.40. The number of carboxylic acid groups (broad SMARTS) is 1. The highest BCUT2D eigenvalue weighted by Gasteiger charge is 2.19. The molecule has 0 bridgehead atoms. The van der Waals surface area contributed by atoms with Gasteiger partial charge < -0.3 is 19.9 Å². The van der Waals surface area contributed by atoms with Crippen LogP contribution in [0.25, 0.3) is 0 Å². The van der Waals surface area contributed by atoms with E-state index < -0.39 is 17.9 Å². The third kappa shape index (κ3) is 4.46. The molecule has 1 aromatic rings. The summed E-state index contributed by atoms with van der Waals surface area (Å²) < 4.78 is 11.1. The summed E-state index contributed by atoms with van der Waals surface area (Å²) >= 11 is 0. The van der Waals surface area contributed by atoms with Crippen molar-refractivity contribution in [3.05, 3.63) is 29.8 Å². The number of carboxylic acids is 1. The Hall–Kier alpha value is -2.08. The van der Waals surface area contributed by atoms with Crippen molar-refractivity contribution in [1.29, 1.82) is 0 Å². The smallest absolute Gasteiger partial charge is 0.326 e. The fourth-order valence-corrected chi connectivity index (χ4v) is 2.25. The van der Waals surface area contributed by atoms with Gasteiger partial charge in [-0.3, -0.25) is 4.79 Å². The Balaban J connectivity index is 1.87. The molecule has 2 N–H and O–H groups in total. The molecule has 1 saturated heterocycles. The van der Waals surface area contributed by atoms with Crippen molar-refractivity contribution in [1.82, 2.24) is 5.32 Å². The standard InChI is InChI=1S/C16H21NO5/c1-2-14(16(19)20)17-15(18)11-5-7-12(8-6-11)22-10-13-4-3-9-21-13/h5-8,13-14H,2-4,9-10H2,1H3,(H,17,18)(H,19,20)/t13-,14-/m0/s1. The first-order valence-corrected chi connectivity index (χ1v) is 7.48. The van der Waals surface area contributed by atoms with Crippen LogP contribution in [0.15, 0.2) is 24.3 Å². The molecule has 1 heterocycles. The summed E-state index contributed by atoms with van der Waals surface area (Å²) in [5, 5.41) is 11.4. The number of ether oxygens (including phenoxy) is 2. The molecular weight excluding hydrogens is 286 g/mol. The zero-order valence-electron chi connectivity index (χ0n) is 12.6. The van der Waals surface area contributed by atoms with Gasteiger partial charge in [0.15, 0.2) is 0 Å². The van der Waals surface area contributed by atoms with Crippen LogP contribution in [0.1, 0.15) is 36.5 Å². The van der Waals surface area contributed by atoms with Crippen LogP contribution in [0.4, 0.5) is 0 Å². The van der Waals surface area contributed by atoms with Crippen LogP contribution >= 0.6 is 0 Å². The largest absolute Gasteiger partial charge is 0.491 e. The first-order chi connectivity index (χ1) is 10.6. The number of amides is 1. The van der Waals surface area contributed by atoms with Crippen LogP contribution in [0.2, 0.25) is 0 Å². The molecule has 120 valence electrons. The van der Waals surface area contributed by atoms with E-state index in [1.165, 1.54) is 0 Å². The van der Waals surface area contributed by atoms with E-state index >= 15 is 0 Å². The van der Waals surface area contributed by atoms with E-state index in [1.54, 1.807) is 31.2 Å². The highest BCUT2D eigenvalue weighted by atomic mass is 16.5. The zero-order valence-corrected chi connectivity index (χ0v) is 12.6. The van der Waals surface area contributed by atoms with Crippen molar-refractivity contribution in [3.8, 4) is 5.75 Å². The van der Waals surface area contributed by atoms with E-state index in [2.05, 4.69) is 5.32 Å². The molecule has 0 spiro atoms. The van der Waals surface area contributed by atoms with Crippen LogP contribution in [0.5, 0.6) is 5.75 Å². The molecule has 6 heteroatoms. The molecule has 1 aromatic carbocycles. The maximum atomic E-state index is 12.0. The third-order valence-electron chi connectivity index (χ3n) is 3.59. The van der Waals surface area contributed by atoms with Crippen LogP contribution in [-0.4, -0.2) is 42.3 Å². The van der Waals surface area contributed by atoms with Crippen LogP contribution in [0, 0.1) is 0 Å². The predicted octanol–water partition coefficient (Wildman–Crippen LogP) is 1.84. The van der Waals surface area contributed by atoms with E-state index in [4.69, 9.17) is 14.6 Å². The molecule has 0 radical (unpaired) electrons. The topological polar surface area (TPSA) is 84.9 Å². The van der Waals surface area contributed by atoms with Gasteiger partial charge in [-0.2, -0.15) is 0 Å². The van der Waals surface area contributed by atoms with Gasteiger partial charge in [-0.05, 0) is 43.5 Å². The third-order valence-corrected chi connectivity index (χ3v) is 3.59. The first kappa shape index (κ1) is 16.3. The van der Waals surface area contributed by atoms with Gasteiger partial charge in [0.1, 0.15) is 18.4 Å². The second-order valence-electron chi connectivity index (χ2n) is 5.24. The fourth-order valence-electron chi connectivity index (χ4n) is 2.25. The minimum atomic E-state index is -1.03. The normalized spacial score (nSPS) is 18.7. The Morgan fingerprint density at radius 2 is 2.14 bits per heavy atom. The number of hydrogen-bond donors (Lipinski definition) is 2. The summed E-state index contributed by atoms with van der Waals surface area (Å²) in [4.78, 5) is 22.9. The van der Waals surface area contributed by atoms with Crippen molar-refractivity contribution in [2.75, 3.05) is 13.2 Å². The van der Waals surface area contributed by atoms with Gasteiger partial charge in [0.05, 0.1) is 6.10 Å². The molecular formula is C16H21NO5. The lowest BCUT2D eigenvalue weighted by molar-refractivity contribution is -0.139. The van der Waals surface area contributed by atoms with Gasteiger partial charge in [0.2, 0.25) is 0 Å². The van der Waals surface area contributed by atoms with Crippen molar-refractivity contribution in [3.63, 3.8) is 0 Å². The Bertz CT molecular complexity index is 508. The van der Waals surface area contributed by atoms with Gasteiger partial charge in [0, 0.05) is 12.2 Å². The van der Waals surface area contributed by atoms with Crippen molar-refractivity contribution in [2.45, 2.75) is 38.3 Å². The summed E-state index contributed by atoms with van der Waals surface area (Å²) in [6.45, 7) is 3.00. The Morgan fingerprint density at radius 1 is 1.41 bits per heavy atom. The number of carbonyl (C=O) groups excluding carboxylic acids is 1. The molecule has 1 amide bonds. The maximum absolute atomic E-state index is 12.0. The molecule has 6 nitrogen and oxygen atoms in total. The second kappa shape index (κ2) is 7.79. The molecule has 2 rings (SSSR count). The number of benzene rings is 1. The number of carbonyl (C=O) groups is 2. The minimum Gasteiger partial charge on any atom is -0.491 e. The summed E-state index contributed by atoms with van der Waals surface area (Å²) in [7, 11) is 0. The molecule has 0 unspecified atom stereocenters. The molecule has 1 fully saturated rings. The molecule has 1 aliphatic rings. The SMILES string of the molecule is CC[C@H](NC(=O)c1ccc(OC[C@@H]2CCCO2)cc1)C(=O)O. The fraction of sp³-hybridized carbons (Fsp3) is 0.500. The minimum absolute atomic E-state index is 0.142. The lowest BCUT2D eigenvalue weighted by Gasteiger charge is -2.13. The molecule has 0 aliphatic carbocycles. The summed E-state index contributed by atoms with van der Waals surface area (Å²) in [5.41, 5.74) is 0.407. The van der Waals surface area contributed by atoms with E-state index in [0.29, 0.717) is 24.3 Å². The van der Waals surface area contributed by atoms with E-state index in [-0.39, 0.29) is 6.10 Å². The van der Waals surface area contributed by atoms with Gasteiger partial charge in [-0.1, -0.05) is 6.92 Å². The number of aliphatic carboxylic acids is 1. The molecule has 1 aliphatic heterocycles. The van der Waals surface area contributed by atoms with Crippen molar-refractivity contribution in [2.24, 2.45) is 0 Å². The Kier molecular flexibility index (Phi) is 5.77. The lowest BCUT2D eigenvalue weighted by atomic mass is 10.1. The highest BCUT2D eigenvalue weighted by molar-refractivity contribution is 5.96. The van der Waals surface area contributed by atoms with Gasteiger partial charge in [-0.25, -0.2) is 4.79 Å². The first-order valence-electron chi connectivity index (χ1n) is 7.48. The van der Waals surface area contributed by atoms with Gasteiger partial charge in [0.25, 0.3) is 5.91 Å². The molecule has 0 saturated carbocycles. The van der Waals surface area contributed by atoms with Crippen molar-refractivity contribution < 1.29 is 24.2 Å². The summed E-state index contributed by atoms with van der Waals surface area (Å²) in [5.74, 6) is -0.774. The molecule has 2 atom stereocenters. The Labute approximate surface area is 129 Å². The summed E-state index contributed by atoms with van der Waals surface area (Å²) in [6.07, 6.45) is 2.55. The van der Waals surface area contributed by atoms with Crippen molar-refractivity contribution >= 4 is 11.9 Å². The Morgan fingerprint density at radius 3 is 2.68 bits per heavy atom. The maximum Gasteiger partial charge on any atom is 0.326 e. The number of rotatable bonds is 7. The number of hydrogen-bond acceptors (Lipinski definition) is 4. The average molecular weight is 307 g/mol. The van der Waals surface area contributed by atoms with Crippen LogP contribution in [-0.2, 0) is 9.53 Å². The van der Waals surface area contributed by atoms with E-state index in [1.807, 2.05) is 0 Å². The molecule has 22 heavy (non-hydrogen) atoms.